The van der Waals surface area contributed by atoms with Crippen molar-refractivity contribution in [3.8, 4) is 0 Å². The van der Waals surface area contributed by atoms with E-state index in [-0.39, 0.29) is 16.6 Å². The molecule has 1 unspecified atom stereocenters. The van der Waals surface area contributed by atoms with Gasteiger partial charge in [0.2, 0.25) is 0 Å². The van der Waals surface area contributed by atoms with E-state index in [4.69, 9.17) is 16.3 Å². The maximum Gasteiger partial charge on any atom is 0.345 e. The lowest BCUT2D eigenvalue weighted by atomic mass is 10.2. The molecule has 7 nitrogen and oxygen atoms in total. The number of benzene rings is 1. The van der Waals surface area contributed by atoms with Crippen LogP contribution in [-0.2, 0) is 9.53 Å². The first kappa shape index (κ1) is 17.2. The topological polar surface area (TPSA) is 98.5 Å². The minimum atomic E-state index is -1.04. The van der Waals surface area contributed by atoms with E-state index in [9.17, 15) is 19.7 Å². The standard InChI is InChI=1S/C15H17ClN2O5/c1-9(14(19)17-11-4-2-3-5-11)23-15(20)12-8-10(16)6-7-13(12)18(21)22/h6-9,11H,2-5H2,1H3,(H,17,19). The van der Waals surface area contributed by atoms with Crippen LogP contribution in [0.2, 0.25) is 5.02 Å². The second-order valence-electron chi connectivity index (χ2n) is 5.46. The van der Waals surface area contributed by atoms with Gasteiger partial charge in [-0.1, -0.05) is 24.4 Å². The van der Waals surface area contributed by atoms with Crippen molar-refractivity contribution < 1.29 is 19.2 Å². The molecule has 0 bridgehead atoms. The fourth-order valence-corrected chi connectivity index (χ4v) is 2.67. The molecule has 2 rings (SSSR count). The molecule has 1 fully saturated rings. The number of nitrogens with one attached hydrogen (secondary N) is 1. The number of rotatable bonds is 5. The average molecular weight is 341 g/mol. The molecule has 0 saturated heterocycles. The van der Waals surface area contributed by atoms with Crippen LogP contribution in [0.25, 0.3) is 0 Å². The van der Waals surface area contributed by atoms with E-state index in [1.807, 2.05) is 0 Å². The van der Waals surface area contributed by atoms with Gasteiger partial charge >= 0.3 is 5.97 Å². The number of carbonyl (C=O) groups is 2. The van der Waals surface area contributed by atoms with Crippen LogP contribution in [0, 0.1) is 10.1 Å². The molecular formula is C15H17ClN2O5. The normalized spacial score (nSPS) is 15.9. The summed E-state index contributed by atoms with van der Waals surface area (Å²) in [6, 6.07) is 3.70. The zero-order valence-corrected chi connectivity index (χ0v) is 13.3. The second kappa shape index (κ2) is 7.41. The van der Waals surface area contributed by atoms with Crippen molar-refractivity contribution in [1.82, 2.24) is 5.32 Å². The molecule has 1 aliphatic rings. The van der Waals surface area contributed by atoms with Crippen LogP contribution in [0.3, 0.4) is 0 Å². The Morgan fingerprint density at radius 1 is 1.39 bits per heavy atom. The Morgan fingerprint density at radius 2 is 2.04 bits per heavy atom. The predicted molar refractivity (Wildman–Crippen MR) is 83.4 cm³/mol. The van der Waals surface area contributed by atoms with E-state index in [2.05, 4.69) is 5.32 Å². The molecule has 1 amide bonds. The molecule has 1 saturated carbocycles. The highest BCUT2D eigenvalue weighted by atomic mass is 35.5. The first-order valence-electron chi connectivity index (χ1n) is 7.34. The number of esters is 1. The fraction of sp³-hybridized carbons (Fsp3) is 0.467. The first-order chi connectivity index (χ1) is 10.9. The Labute approximate surface area is 138 Å². The van der Waals surface area contributed by atoms with Gasteiger partial charge in [-0.05, 0) is 31.9 Å². The summed E-state index contributed by atoms with van der Waals surface area (Å²) in [6.45, 7) is 1.43. The molecule has 0 spiro atoms. The molecule has 1 aliphatic carbocycles. The summed E-state index contributed by atoms with van der Waals surface area (Å²) >= 11 is 5.77. The van der Waals surface area contributed by atoms with E-state index >= 15 is 0 Å². The third-order valence-electron chi connectivity index (χ3n) is 3.73. The van der Waals surface area contributed by atoms with Crippen molar-refractivity contribution in [2.75, 3.05) is 0 Å². The summed E-state index contributed by atoms with van der Waals surface area (Å²) in [5.74, 6) is -1.36. The van der Waals surface area contributed by atoms with E-state index in [0.29, 0.717) is 0 Å². The maximum atomic E-state index is 12.1. The van der Waals surface area contributed by atoms with Gasteiger partial charge in [0.1, 0.15) is 5.56 Å². The summed E-state index contributed by atoms with van der Waals surface area (Å²) in [5.41, 5.74) is -0.689. The van der Waals surface area contributed by atoms with Gasteiger partial charge < -0.3 is 10.1 Å². The lowest BCUT2D eigenvalue weighted by Gasteiger charge is -2.17. The Kier molecular flexibility index (Phi) is 5.54. The van der Waals surface area contributed by atoms with Crippen molar-refractivity contribution >= 4 is 29.2 Å². The lowest BCUT2D eigenvalue weighted by Crippen LogP contribution is -2.40. The summed E-state index contributed by atoms with van der Waals surface area (Å²) in [6.07, 6.45) is 2.90. The monoisotopic (exact) mass is 340 g/mol. The number of amides is 1. The molecule has 0 radical (unpaired) electrons. The van der Waals surface area contributed by atoms with Crippen molar-refractivity contribution in [1.29, 1.82) is 0 Å². The van der Waals surface area contributed by atoms with E-state index in [0.717, 1.165) is 37.8 Å². The van der Waals surface area contributed by atoms with E-state index in [1.54, 1.807) is 0 Å². The van der Waals surface area contributed by atoms with Gasteiger partial charge in [-0.15, -0.1) is 0 Å². The maximum absolute atomic E-state index is 12.1. The Morgan fingerprint density at radius 3 is 2.65 bits per heavy atom. The molecule has 1 N–H and O–H groups in total. The van der Waals surface area contributed by atoms with Gasteiger partial charge in [0.25, 0.3) is 11.6 Å². The molecular weight excluding hydrogens is 324 g/mol. The number of nitro groups is 1. The number of ether oxygens (including phenoxy) is 1. The highest BCUT2D eigenvalue weighted by Crippen LogP contribution is 2.24. The summed E-state index contributed by atoms with van der Waals surface area (Å²) in [5, 5.41) is 13.9. The molecule has 0 aromatic heterocycles. The Bertz CT molecular complexity index is 628. The number of hydrogen-bond donors (Lipinski definition) is 1. The van der Waals surface area contributed by atoms with Crippen LogP contribution < -0.4 is 5.32 Å². The molecule has 124 valence electrons. The highest BCUT2D eigenvalue weighted by molar-refractivity contribution is 6.31. The van der Waals surface area contributed by atoms with Crippen LogP contribution >= 0.6 is 11.6 Å². The third kappa shape index (κ3) is 4.41. The minimum Gasteiger partial charge on any atom is -0.449 e. The fourth-order valence-electron chi connectivity index (χ4n) is 2.50. The number of hydrogen-bond acceptors (Lipinski definition) is 5. The highest BCUT2D eigenvalue weighted by Gasteiger charge is 2.27. The number of halogens is 1. The molecule has 1 aromatic rings. The van der Waals surface area contributed by atoms with Crippen molar-refractivity contribution in [2.45, 2.75) is 44.8 Å². The minimum absolute atomic E-state index is 0.101. The zero-order chi connectivity index (χ0) is 17.0. The summed E-state index contributed by atoms with van der Waals surface area (Å²) < 4.78 is 5.04. The van der Waals surface area contributed by atoms with Crippen LogP contribution in [0.1, 0.15) is 43.0 Å². The van der Waals surface area contributed by atoms with Gasteiger partial charge in [0, 0.05) is 17.1 Å². The number of carbonyl (C=O) groups excluding carboxylic acids is 2. The largest absolute Gasteiger partial charge is 0.449 e. The molecule has 1 aromatic carbocycles. The SMILES string of the molecule is CC(OC(=O)c1cc(Cl)ccc1[N+](=O)[O-])C(=O)NC1CCCC1. The van der Waals surface area contributed by atoms with Gasteiger partial charge in [0.05, 0.1) is 4.92 Å². The van der Waals surface area contributed by atoms with Crippen LogP contribution in [0.4, 0.5) is 5.69 Å². The van der Waals surface area contributed by atoms with Gasteiger partial charge in [-0.25, -0.2) is 4.79 Å². The van der Waals surface area contributed by atoms with Gasteiger partial charge in [-0.2, -0.15) is 0 Å². The molecule has 0 heterocycles. The Hall–Kier alpha value is -2.15. The molecule has 8 heteroatoms. The quantitative estimate of drug-likeness (QED) is 0.505. The van der Waals surface area contributed by atoms with E-state index in [1.165, 1.54) is 13.0 Å². The van der Waals surface area contributed by atoms with Crippen molar-refractivity contribution in [3.05, 3.63) is 38.9 Å². The van der Waals surface area contributed by atoms with Crippen LogP contribution in [-0.4, -0.2) is 28.9 Å². The third-order valence-corrected chi connectivity index (χ3v) is 3.96. The predicted octanol–water partition coefficient (Wildman–Crippen LogP) is 2.85. The number of nitrogens with zero attached hydrogens (tertiary/aromatic N) is 1. The second-order valence-corrected chi connectivity index (χ2v) is 5.89. The average Bonchev–Trinajstić information content (AvgIpc) is 2.99. The molecule has 1 atom stereocenters. The van der Waals surface area contributed by atoms with Crippen LogP contribution in [0.5, 0.6) is 0 Å². The molecule has 23 heavy (non-hydrogen) atoms. The van der Waals surface area contributed by atoms with E-state index < -0.39 is 28.6 Å². The number of nitro benzene ring substituents is 1. The lowest BCUT2D eigenvalue weighted by molar-refractivity contribution is -0.385. The Balaban J connectivity index is 2.04. The van der Waals surface area contributed by atoms with Crippen molar-refractivity contribution in [2.24, 2.45) is 0 Å². The van der Waals surface area contributed by atoms with Gasteiger partial charge in [0.15, 0.2) is 6.10 Å². The summed E-state index contributed by atoms with van der Waals surface area (Å²) in [7, 11) is 0. The smallest absolute Gasteiger partial charge is 0.345 e. The van der Waals surface area contributed by atoms with Crippen LogP contribution in [0.15, 0.2) is 18.2 Å². The first-order valence-corrected chi connectivity index (χ1v) is 7.71. The van der Waals surface area contributed by atoms with Gasteiger partial charge in [-0.3, -0.25) is 14.9 Å². The van der Waals surface area contributed by atoms with Crippen molar-refractivity contribution in [3.63, 3.8) is 0 Å². The summed E-state index contributed by atoms with van der Waals surface area (Å²) in [4.78, 5) is 34.4. The zero-order valence-electron chi connectivity index (χ0n) is 12.6. The molecule has 0 aliphatic heterocycles.